The summed E-state index contributed by atoms with van der Waals surface area (Å²) in [4.78, 5) is 25.8. The molecule has 0 spiro atoms. The Labute approximate surface area is 121 Å². The zero-order chi connectivity index (χ0) is 14.5. The second kappa shape index (κ2) is 6.69. The van der Waals surface area contributed by atoms with Crippen molar-refractivity contribution in [1.82, 2.24) is 4.90 Å². The number of carbonyl (C=O) groups is 2. The molecule has 0 aromatic heterocycles. The fraction of sp³-hybridized carbons (Fsp3) is 0.529. The summed E-state index contributed by atoms with van der Waals surface area (Å²) in [6.45, 7) is 5.29. The van der Waals surface area contributed by atoms with Gasteiger partial charge in [0, 0.05) is 31.8 Å². The van der Waals surface area contributed by atoms with Gasteiger partial charge in [0.05, 0.1) is 0 Å². The van der Waals surface area contributed by atoms with Crippen molar-refractivity contribution in [1.29, 1.82) is 0 Å². The first-order valence-electron chi connectivity index (χ1n) is 7.46. The highest BCUT2D eigenvalue weighted by atomic mass is 16.2. The molecule has 2 rings (SSSR count). The molecule has 0 bridgehead atoms. The average molecular weight is 273 g/mol. The highest BCUT2D eigenvalue weighted by molar-refractivity contribution is 5.85. The number of benzene rings is 1. The Balaban J connectivity index is 1.85. The molecule has 1 amide bonds. The zero-order valence-corrected chi connectivity index (χ0v) is 12.4. The summed E-state index contributed by atoms with van der Waals surface area (Å²) in [7, 11) is 0. The quantitative estimate of drug-likeness (QED) is 0.846. The van der Waals surface area contributed by atoms with Crippen LogP contribution in [0.25, 0.3) is 0 Å². The number of Topliss-reactive ketones (excluding diaryl/α,β-unsaturated/α-hetero) is 1. The molecule has 0 aliphatic carbocycles. The molecule has 3 nitrogen and oxygen atoms in total. The number of amides is 1. The number of aryl methyl sites for hydroxylation is 2. The molecule has 1 aliphatic heterocycles. The van der Waals surface area contributed by atoms with Crippen molar-refractivity contribution in [2.45, 2.75) is 39.5 Å². The SMILES string of the molecule is CCC1CN(C(=O)CCc2ccc(C)cc2)CCC1=O. The van der Waals surface area contributed by atoms with Gasteiger partial charge in [0.15, 0.2) is 0 Å². The van der Waals surface area contributed by atoms with Crippen LogP contribution in [0.5, 0.6) is 0 Å². The Morgan fingerprint density at radius 1 is 1.30 bits per heavy atom. The molecule has 108 valence electrons. The van der Waals surface area contributed by atoms with Crippen LogP contribution >= 0.6 is 0 Å². The van der Waals surface area contributed by atoms with Gasteiger partial charge in [-0.25, -0.2) is 0 Å². The van der Waals surface area contributed by atoms with Gasteiger partial charge < -0.3 is 4.90 Å². The van der Waals surface area contributed by atoms with Crippen LogP contribution in [0.4, 0.5) is 0 Å². The molecule has 1 aromatic rings. The molecular formula is C17H23NO2. The van der Waals surface area contributed by atoms with E-state index in [0.29, 0.717) is 31.7 Å². The number of carbonyl (C=O) groups excluding carboxylic acids is 2. The van der Waals surface area contributed by atoms with Gasteiger partial charge in [-0.05, 0) is 25.3 Å². The van der Waals surface area contributed by atoms with Crippen LogP contribution in [-0.2, 0) is 16.0 Å². The van der Waals surface area contributed by atoms with Gasteiger partial charge in [-0.15, -0.1) is 0 Å². The molecule has 1 heterocycles. The van der Waals surface area contributed by atoms with Gasteiger partial charge in [0.1, 0.15) is 5.78 Å². The topological polar surface area (TPSA) is 37.4 Å². The first-order chi connectivity index (χ1) is 9.60. The number of rotatable bonds is 4. The number of piperidine rings is 1. The van der Waals surface area contributed by atoms with E-state index >= 15 is 0 Å². The van der Waals surface area contributed by atoms with E-state index in [1.165, 1.54) is 11.1 Å². The van der Waals surface area contributed by atoms with E-state index in [0.717, 1.165) is 12.8 Å². The third kappa shape index (κ3) is 3.69. The summed E-state index contributed by atoms with van der Waals surface area (Å²) in [5.41, 5.74) is 2.43. The Kier molecular flexibility index (Phi) is 4.94. The molecule has 1 atom stereocenters. The van der Waals surface area contributed by atoms with E-state index in [1.54, 1.807) is 0 Å². The fourth-order valence-corrected chi connectivity index (χ4v) is 2.66. The number of nitrogens with zero attached hydrogens (tertiary/aromatic N) is 1. The van der Waals surface area contributed by atoms with Crippen molar-refractivity contribution in [2.75, 3.05) is 13.1 Å². The van der Waals surface area contributed by atoms with Gasteiger partial charge in [-0.1, -0.05) is 36.8 Å². The Hall–Kier alpha value is -1.64. The zero-order valence-electron chi connectivity index (χ0n) is 12.4. The third-order valence-electron chi connectivity index (χ3n) is 4.12. The molecule has 0 saturated carbocycles. The molecule has 20 heavy (non-hydrogen) atoms. The minimum Gasteiger partial charge on any atom is -0.342 e. The first-order valence-corrected chi connectivity index (χ1v) is 7.46. The van der Waals surface area contributed by atoms with Gasteiger partial charge in [-0.3, -0.25) is 9.59 Å². The Morgan fingerprint density at radius 2 is 2.00 bits per heavy atom. The van der Waals surface area contributed by atoms with Gasteiger partial charge in [-0.2, -0.15) is 0 Å². The normalized spacial score (nSPS) is 19.2. The van der Waals surface area contributed by atoms with Gasteiger partial charge in [0.25, 0.3) is 0 Å². The maximum Gasteiger partial charge on any atom is 0.222 e. The van der Waals surface area contributed by atoms with Crippen molar-refractivity contribution in [3.8, 4) is 0 Å². The molecular weight excluding hydrogens is 250 g/mol. The summed E-state index contributed by atoms with van der Waals surface area (Å²) in [5.74, 6) is 0.540. The summed E-state index contributed by atoms with van der Waals surface area (Å²) >= 11 is 0. The van der Waals surface area contributed by atoms with Crippen LogP contribution in [0.3, 0.4) is 0 Å². The van der Waals surface area contributed by atoms with Crippen molar-refractivity contribution < 1.29 is 9.59 Å². The minimum absolute atomic E-state index is 0.0482. The van der Waals surface area contributed by atoms with Crippen molar-refractivity contribution in [2.24, 2.45) is 5.92 Å². The Morgan fingerprint density at radius 3 is 2.65 bits per heavy atom. The first kappa shape index (κ1) is 14.8. The number of hydrogen-bond donors (Lipinski definition) is 0. The third-order valence-corrected chi connectivity index (χ3v) is 4.12. The lowest BCUT2D eigenvalue weighted by atomic mass is 9.94. The molecule has 3 heteroatoms. The number of ketones is 1. The second-order valence-corrected chi connectivity index (χ2v) is 5.65. The van der Waals surface area contributed by atoms with Crippen LogP contribution in [0.1, 0.15) is 37.3 Å². The molecule has 1 aromatic carbocycles. The monoisotopic (exact) mass is 273 g/mol. The van der Waals surface area contributed by atoms with E-state index in [2.05, 4.69) is 31.2 Å². The van der Waals surface area contributed by atoms with E-state index < -0.39 is 0 Å². The summed E-state index contributed by atoms with van der Waals surface area (Å²) < 4.78 is 0. The van der Waals surface area contributed by atoms with Crippen molar-refractivity contribution in [3.63, 3.8) is 0 Å². The Bertz CT molecular complexity index is 478. The molecule has 1 fully saturated rings. The van der Waals surface area contributed by atoms with Crippen LogP contribution in [0.2, 0.25) is 0 Å². The standard InChI is InChI=1S/C17H23NO2/c1-3-15-12-18(11-10-16(15)19)17(20)9-8-14-6-4-13(2)5-7-14/h4-7,15H,3,8-12H2,1-2H3. The lowest BCUT2D eigenvalue weighted by Gasteiger charge is -2.31. The minimum atomic E-state index is 0.0482. The van der Waals surface area contributed by atoms with Crippen molar-refractivity contribution in [3.05, 3.63) is 35.4 Å². The molecule has 1 unspecified atom stereocenters. The lowest BCUT2D eigenvalue weighted by Crippen LogP contribution is -2.44. The second-order valence-electron chi connectivity index (χ2n) is 5.65. The highest BCUT2D eigenvalue weighted by Gasteiger charge is 2.28. The van der Waals surface area contributed by atoms with E-state index in [-0.39, 0.29) is 11.8 Å². The van der Waals surface area contributed by atoms with Gasteiger partial charge in [0.2, 0.25) is 5.91 Å². The molecule has 1 saturated heterocycles. The summed E-state index contributed by atoms with van der Waals surface area (Å²) in [6.07, 6.45) is 2.67. The number of likely N-dealkylation sites (tertiary alicyclic amines) is 1. The summed E-state index contributed by atoms with van der Waals surface area (Å²) in [5, 5.41) is 0. The average Bonchev–Trinajstić information content (AvgIpc) is 2.47. The van der Waals surface area contributed by atoms with Crippen LogP contribution < -0.4 is 0 Å². The van der Waals surface area contributed by atoms with E-state index in [4.69, 9.17) is 0 Å². The molecule has 0 radical (unpaired) electrons. The van der Waals surface area contributed by atoms with Crippen LogP contribution in [-0.4, -0.2) is 29.7 Å². The smallest absolute Gasteiger partial charge is 0.222 e. The largest absolute Gasteiger partial charge is 0.342 e. The van der Waals surface area contributed by atoms with Crippen molar-refractivity contribution >= 4 is 11.7 Å². The highest BCUT2D eigenvalue weighted by Crippen LogP contribution is 2.17. The predicted octanol–water partition coefficient (Wildman–Crippen LogP) is 2.76. The number of hydrogen-bond acceptors (Lipinski definition) is 2. The lowest BCUT2D eigenvalue weighted by molar-refractivity contribution is -0.137. The van der Waals surface area contributed by atoms with E-state index in [1.807, 2.05) is 11.8 Å². The summed E-state index contributed by atoms with van der Waals surface area (Å²) in [6, 6.07) is 8.31. The molecule has 1 aliphatic rings. The van der Waals surface area contributed by atoms with Crippen LogP contribution in [0.15, 0.2) is 24.3 Å². The van der Waals surface area contributed by atoms with Gasteiger partial charge >= 0.3 is 0 Å². The predicted molar refractivity (Wildman–Crippen MR) is 79.5 cm³/mol. The van der Waals surface area contributed by atoms with Crippen LogP contribution in [0, 0.1) is 12.8 Å². The van der Waals surface area contributed by atoms with E-state index in [9.17, 15) is 9.59 Å². The molecule has 0 N–H and O–H groups in total. The maximum atomic E-state index is 12.2. The maximum absolute atomic E-state index is 12.2. The fourth-order valence-electron chi connectivity index (χ4n) is 2.66.